The van der Waals surface area contributed by atoms with Crippen LogP contribution in [0.5, 0.6) is 0 Å². The lowest BCUT2D eigenvalue weighted by molar-refractivity contribution is 0.0690. The van der Waals surface area contributed by atoms with E-state index >= 15 is 0 Å². The van der Waals surface area contributed by atoms with E-state index in [0.717, 1.165) is 63.4 Å². The van der Waals surface area contributed by atoms with Crippen LogP contribution in [0.3, 0.4) is 0 Å². The highest BCUT2D eigenvalue weighted by molar-refractivity contribution is 5.95. The molecule has 0 bridgehead atoms. The van der Waals surface area contributed by atoms with Crippen molar-refractivity contribution in [3.8, 4) is 22.5 Å². The number of carbonyl (C=O) groups excluding carboxylic acids is 1. The summed E-state index contributed by atoms with van der Waals surface area (Å²) in [6.07, 6.45) is 19.1. The van der Waals surface area contributed by atoms with Crippen molar-refractivity contribution in [3.63, 3.8) is 0 Å². The second-order valence-electron chi connectivity index (χ2n) is 13.9. The molecule has 0 atom stereocenters. The van der Waals surface area contributed by atoms with Crippen molar-refractivity contribution in [3.05, 3.63) is 109 Å². The molecule has 5 N–H and O–H groups in total. The van der Waals surface area contributed by atoms with Crippen molar-refractivity contribution in [2.24, 2.45) is 17.6 Å². The first-order valence-corrected chi connectivity index (χ1v) is 18.5. The number of aromatic nitrogens is 4. The van der Waals surface area contributed by atoms with Crippen LogP contribution in [0, 0.1) is 11.8 Å². The second-order valence-corrected chi connectivity index (χ2v) is 13.9. The Kier molecular flexibility index (Phi) is 12.4. The number of pyridine rings is 2. The summed E-state index contributed by atoms with van der Waals surface area (Å²) >= 11 is 0. The molecular formula is C43H49N5O3. The normalized spacial score (nSPS) is 15.1. The summed E-state index contributed by atoms with van der Waals surface area (Å²) < 4.78 is 0. The Morgan fingerprint density at radius 3 is 1.67 bits per heavy atom. The number of carboxylic acid groups (broad SMARTS) is 1. The molecule has 8 heteroatoms. The van der Waals surface area contributed by atoms with Crippen LogP contribution in [0.1, 0.15) is 98.0 Å². The minimum atomic E-state index is -1.01. The third-order valence-corrected chi connectivity index (χ3v) is 10.3. The summed E-state index contributed by atoms with van der Waals surface area (Å²) in [7, 11) is 0. The van der Waals surface area contributed by atoms with Crippen LogP contribution < -0.4 is 5.73 Å². The van der Waals surface area contributed by atoms with E-state index in [-0.39, 0.29) is 11.5 Å². The number of aromatic carboxylic acids is 1. The number of carboxylic acids is 1. The summed E-state index contributed by atoms with van der Waals surface area (Å²) in [6.45, 7) is 0.917. The Labute approximate surface area is 299 Å². The molecule has 0 unspecified atom stereocenters. The summed E-state index contributed by atoms with van der Waals surface area (Å²) in [5.41, 5.74) is 11.8. The van der Waals surface area contributed by atoms with Gasteiger partial charge in [0.1, 0.15) is 11.4 Å². The van der Waals surface area contributed by atoms with Crippen LogP contribution in [0.4, 0.5) is 0 Å². The number of H-pyrrole nitrogens is 2. The standard InChI is InChI=1S/C22H24N2O.C14H10N2O2.C7H15N/c25-22(12-9-16-5-2-1-3-6-16)21-8-4-7-20(24-21)17-10-11-19-18(15-17)13-14-23-19;17-14(18)13-3-1-2-12(16-13)9-4-5-11-10(8-9)6-7-15-11;8-6-7-4-2-1-3-5-7/h4,7-8,10-11,13-16,23H,1-3,5-6,9,12H2;1-8,15H,(H,17,18);7H,1-6,8H2. The van der Waals surface area contributed by atoms with E-state index in [1.165, 1.54) is 70.3 Å². The Bertz CT molecular complexity index is 2030. The Balaban J connectivity index is 0.000000150. The molecule has 51 heavy (non-hydrogen) atoms. The molecule has 0 saturated heterocycles. The number of nitrogens with one attached hydrogen (secondary N) is 2. The maximum Gasteiger partial charge on any atom is 0.354 e. The molecule has 0 radical (unpaired) electrons. The molecular weight excluding hydrogens is 635 g/mol. The van der Waals surface area contributed by atoms with Gasteiger partial charge in [0, 0.05) is 51.7 Å². The van der Waals surface area contributed by atoms with Gasteiger partial charge < -0.3 is 20.8 Å². The Hall–Kier alpha value is -5.08. The van der Waals surface area contributed by atoms with E-state index in [2.05, 4.69) is 44.2 Å². The smallest absolute Gasteiger partial charge is 0.354 e. The first-order chi connectivity index (χ1) is 25.0. The molecule has 0 spiro atoms. The SMILES string of the molecule is NCC1CCCCC1.O=C(CCC1CCCCC1)c1cccc(-c2ccc3[nH]ccc3c2)n1.O=C(O)c1cccc(-c2ccc3[nH]ccc3c2)n1. The van der Waals surface area contributed by atoms with Gasteiger partial charge in [0.05, 0.1) is 11.4 Å². The molecule has 6 aromatic rings. The van der Waals surface area contributed by atoms with Crippen LogP contribution in [0.15, 0.2) is 97.3 Å². The predicted molar refractivity (Wildman–Crippen MR) is 206 cm³/mol. The zero-order chi connectivity index (χ0) is 35.4. The van der Waals surface area contributed by atoms with Crippen molar-refractivity contribution >= 4 is 33.6 Å². The molecule has 8 rings (SSSR count). The summed E-state index contributed by atoms with van der Waals surface area (Å²) in [4.78, 5) is 38.5. The van der Waals surface area contributed by atoms with E-state index < -0.39 is 5.97 Å². The summed E-state index contributed by atoms with van der Waals surface area (Å²) in [5.74, 6) is 0.760. The molecule has 0 amide bonds. The average Bonchev–Trinajstić information content (AvgIpc) is 3.88. The van der Waals surface area contributed by atoms with Crippen LogP contribution in [0.2, 0.25) is 0 Å². The first-order valence-electron chi connectivity index (χ1n) is 18.5. The highest BCUT2D eigenvalue weighted by Gasteiger charge is 2.17. The number of ketones is 1. The number of rotatable bonds is 8. The summed E-state index contributed by atoms with van der Waals surface area (Å²) in [6, 6.07) is 26.9. The number of carbonyl (C=O) groups is 2. The fourth-order valence-corrected chi connectivity index (χ4v) is 7.25. The fraction of sp³-hybridized carbons (Fsp3) is 0.349. The first kappa shape index (κ1) is 35.7. The number of hydrogen-bond acceptors (Lipinski definition) is 5. The zero-order valence-corrected chi connectivity index (χ0v) is 29.3. The predicted octanol–water partition coefficient (Wildman–Crippen LogP) is 10.2. The number of fused-ring (bicyclic) bond motifs is 2. The molecule has 8 nitrogen and oxygen atoms in total. The van der Waals surface area contributed by atoms with Gasteiger partial charge in [-0.3, -0.25) is 4.79 Å². The van der Waals surface area contributed by atoms with E-state index in [4.69, 9.17) is 10.8 Å². The van der Waals surface area contributed by atoms with E-state index in [9.17, 15) is 9.59 Å². The highest BCUT2D eigenvalue weighted by atomic mass is 16.4. The van der Waals surface area contributed by atoms with Crippen LogP contribution in [-0.2, 0) is 0 Å². The lowest BCUT2D eigenvalue weighted by Crippen LogP contribution is -2.16. The number of hydrogen-bond donors (Lipinski definition) is 4. The topological polar surface area (TPSA) is 138 Å². The maximum absolute atomic E-state index is 12.6. The number of benzene rings is 2. The van der Waals surface area contributed by atoms with E-state index in [1.807, 2.05) is 54.9 Å². The van der Waals surface area contributed by atoms with Gasteiger partial charge in [-0.1, -0.05) is 75.6 Å². The van der Waals surface area contributed by atoms with Gasteiger partial charge in [0.2, 0.25) is 0 Å². The number of nitrogens with zero attached hydrogens (tertiary/aromatic N) is 2. The lowest BCUT2D eigenvalue weighted by atomic mass is 9.85. The monoisotopic (exact) mass is 683 g/mol. The minimum Gasteiger partial charge on any atom is -0.477 e. The van der Waals surface area contributed by atoms with Gasteiger partial charge in [0.15, 0.2) is 5.78 Å². The van der Waals surface area contributed by atoms with Crippen molar-refractivity contribution in [2.75, 3.05) is 6.54 Å². The van der Waals surface area contributed by atoms with Gasteiger partial charge in [0.25, 0.3) is 0 Å². The molecule has 2 aromatic carbocycles. The molecule has 2 aliphatic carbocycles. The summed E-state index contributed by atoms with van der Waals surface area (Å²) in [5, 5.41) is 11.2. The third-order valence-electron chi connectivity index (χ3n) is 10.3. The van der Waals surface area contributed by atoms with Crippen LogP contribution in [0.25, 0.3) is 44.3 Å². The maximum atomic E-state index is 12.6. The molecule has 2 fully saturated rings. The van der Waals surface area contributed by atoms with Crippen LogP contribution in [-0.4, -0.2) is 43.3 Å². The second kappa shape index (κ2) is 17.7. The quantitative estimate of drug-likeness (QED) is 0.118. The molecule has 2 saturated carbocycles. The highest BCUT2D eigenvalue weighted by Crippen LogP contribution is 2.29. The van der Waals surface area contributed by atoms with Gasteiger partial charge in [-0.25, -0.2) is 14.8 Å². The number of Topliss-reactive ketones (excluding diaryl/α,β-unsaturated/α-hetero) is 1. The fourth-order valence-electron chi connectivity index (χ4n) is 7.25. The van der Waals surface area contributed by atoms with Gasteiger partial charge in [-0.05, 0) is 98.3 Å². The molecule has 0 aliphatic heterocycles. The van der Waals surface area contributed by atoms with Crippen molar-refractivity contribution < 1.29 is 14.7 Å². The number of nitrogens with two attached hydrogens (primary N) is 1. The van der Waals surface area contributed by atoms with E-state index in [0.29, 0.717) is 17.8 Å². The van der Waals surface area contributed by atoms with Crippen molar-refractivity contribution in [1.82, 2.24) is 19.9 Å². The largest absolute Gasteiger partial charge is 0.477 e. The third kappa shape index (κ3) is 9.79. The van der Waals surface area contributed by atoms with Crippen molar-refractivity contribution in [1.29, 1.82) is 0 Å². The zero-order valence-electron chi connectivity index (χ0n) is 29.3. The average molecular weight is 684 g/mol. The molecule has 4 heterocycles. The van der Waals surface area contributed by atoms with Crippen LogP contribution >= 0.6 is 0 Å². The Morgan fingerprint density at radius 2 is 1.16 bits per heavy atom. The van der Waals surface area contributed by atoms with E-state index in [1.54, 1.807) is 12.1 Å². The van der Waals surface area contributed by atoms with Crippen molar-refractivity contribution in [2.45, 2.75) is 77.0 Å². The van der Waals surface area contributed by atoms with Gasteiger partial charge in [-0.2, -0.15) is 0 Å². The Morgan fingerprint density at radius 1 is 0.647 bits per heavy atom. The minimum absolute atomic E-state index is 0.0571. The lowest BCUT2D eigenvalue weighted by Gasteiger charge is -2.20. The number of aromatic amines is 2. The van der Waals surface area contributed by atoms with Gasteiger partial charge in [-0.15, -0.1) is 0 Å². The molecule has 2 aliphatic rings. The molecule has 264 valence electrons. The van der Waals surface area contributed by atoms with Gasteiger partial charge >= 0.3 is 5.97 Å². The molecule has 4 aromatic heterocycles.